The molecule has 8 atom stereocenters. The SMILES string of the molecule is C.CC(C)(C)OC(=O)CC[C@@H](C(N)=O)N1Cc2cc(CCOC3CCCN(CCCOc4ccc([C@@H]5c6ccc(O)cc6CC[C@@H]5c5ccccc5)cc4)C3)ccc2C1=O.O=C1CC[C@H](N2Cc3cc(CCOC4CCCN(CCCOc5ccc([C@@H]6c7ccc(O)cc7CC[C@@H]6c6ccccc6)cc5)C4)ccc3C2=O)C(=O)N1. The molecule has 0 saturated carbocycles. The van der Waals surface area contributed by atoms with Gasteiger partial charge in [-0.1, -0.05) is 129 Å². The molecule has 5 heterocycles. The highest BCUT2D eigenvalue weighted by molar-refractivity contribution is 6.05. The van der Waals surface area contributed by atoms with E-state index in [1.54, 1.807) is 25.7 Å². The lowest BCUT2D eigenvalue weighted by molar-refractivity contribution is -0.155. The second-order valence-electron chi connectivity index (χ2n) is 32.6. The number of phenols is 2. The highest BCUT2D eigenvalue weighted by atomic mass is 16.6. The van der Waals surface area contributed by atoms with Crippen LogP contribution in [0.15, 0.2) is 182 Å². The van der Waals surface area contributed by atoms with Gasteiger partial charge in [-0.25, -0.2) is 0 Å². The predicted molar refractivity (Wildman–Crippen MR) is 440 cm³/mol. The fourth-order valence-corrected chi connectivity index (χ4v) is 18.1. The lowest BCUT2D eigenvalue weighted by Gasteiger charge is -2.35. The quantitative estimate of drug-likeness (QED) is 0.0203. The average Bonchev–Trinajstić information content (AvgIpc) is 1.11. The molecule has 8 aromatic rings. The van der Waals surface area contributed by atoms with Crippen LogP contribution < -0.4 is 20.5 Å². The van der Waals surface area contributed by atoms with E-state index in [4.69, 9.17) is 29.4 Å². The Morgan fingerprint density at radius 1 is 0.535 bits per heavy atom. The van der Waals surface area contributed by atoms with E-state index in [2.05, 4.69) is 143 Å². The minimum Gasteiger partial charge on any atom is -0.508 e. The molecule has 0 aromatic heterocycles. The van der Waals surface area contributed by atoms with Crippen molar-refractivity contribution in [2.75, 3.05) is 65.7 Å². The molecule has 3 saturated heterocycles. The molecular formula is C95H112N6O13. The zero-order valence-corrected chi connectivity index (χ0v) is 65.5. The molecule has 0 radical (unpaired) electrons. The summed E-state index contributed by atoms with van der Waals surface area (Å²) in [5.74, 6) is 1.47. The molecule has 600 valence electrons. The second-order valence-corrected chi connectivity index (χ2v) is 32.6. The smallest absolute Gasteiger partial charge is 0.306 e. The normalized spacial score (nSPS) is 21.1. The number of hydrogen-bond acceptors (Lipinski definition) is 15. The largest absolute Gasteiger partial charge is 0.508 e. The highest BCUT2D eigenvalue weighted by Crippen LogP contribution is 2.49. The summed E-state index contributed by atoms with van der Waals surface area (Å²) in [6.45, 7) is 14.3. The Balaban J connectivity index is 0.000000198. The maximum atomic E-state index is 13.3. The van der Waals surface area contributed by atoms with Gasteiger partial charge in [-0.3, -0.25) is 34.1 Å². The van der Waals surface area contributed by atoms with E-state index in [0.29, 0.717) is 80.3 Å². The lowest BCUT2D eigenvalue weighted by Crippen LogP contribution is -2.52. The summed E-state index contributed by atoms with van der Waals surface area (Å²) in [6, 6.07) is 60.7. The molecule has 2 unspecified atom stereocenters. The third kappa shape index (κ3) is 20.5. The molecule has 2 aliphatic carbocycles. The van der Waals surface area contributed by atoms with Crippen LogP contribution in [0.2, 0.25) is 0 Å². The van der Waals surface area contributed by atoms with Crippen molar-refractivity contribution in [3.8, 4) is 23.0 Å². The molecular weight excluding hydrogens is 1430 g/mol. The van der Waals surface area contributed by atoms with E-state index in [1.165, 1.54) is 49.4 Å². The molecule has 7 aliphatic rings. The molecule has 19 nitrogen and oxygen atoms in total. The van der Waals surface area contributed by atoms with Crippen molar-refractivity contribution < 1.29 is 62.7 Å². The summed E-state index contributed by atoms with van der Waals surface area (Å²) in [5, 5.41) is 22.7. The number of nitrogens with two attached hydrogens (primary N) is 1. The minimum absolute atomic E-state index is 0. The summed E-state index contributed by atoms with van der Waals surface area (Å²) < 4.78 is 30.5. The van der Waals surface area contributed by atoms with Crippen LogP contribution in [-0.2, 0) is 72.2 Å². The number of ether oxygens (including phenoxy) is 5. The van der Waals surface area contributed by atoms with Crippen molar-refractivity contribution in [2.45, 2.75) is 198 Å². The Kier molecular flexibility index (Phi) is 27.2. The van der Waals surface area contributed by atoms with Gasteiger partial charge in [-0.05, 0) is 263 Å². The molecule has 0 bridgehead atoms. The maximum absolute atomic E-state index is 13.3. The molecule has 15 rings (SSSR count). The molecule has 114 heavy (non-hydrogen) atoms. The Morgan fingerprint density at radius 2 is 1.03 bits per heavy atom. The van der Waals surface area contributed by atoms with Crippen LogP contribution >= 0.6 is 0 Å². The second kappa shape index (κ2) is 37.8. The van der Waals surface area contributed by atoms with Crippen LogP contribution in [0, 0.1) is 0 Å². The van der Waals surface area contributed by atoms with Crippen LogP contribution in [0.5, 0.6) is 23.0 Å². The number of nitrogens with one attached hydrogen (secondary N) is 1. The molecule has 8 aromatic carbocycles. The van der Waals surface area contributed by atoms with Gasteiger partial charge in [0, 0.05) is 75.1 Å². The number of aryl methyl sites for hydroxylation is 2. The number of rotatable bonds is 28. The number of aromatic hydroxyl groups is 2. The predicted octanol–water partition coefficient (Wildman–Crippen LogP) is 14.8. The van der Waals surface area contributed by atoms with E-state index in [1.807, 2.05) is 54.6 Å². The van der Waals surface area contributed by atoms with Crippen LogP contribution in [0.1, 0.15) is 216 Å². The summed E-state index contributed by atoms with van der Waals surface area (Å²) >= 11 is 0. The summed E-state index contributed by atoms with van der Waals surface area (Å²) in [4.78, 5) is 82.9. The molecule has 5 amide bonds. The number of likely N-dealkylation sites (tertiary alicyclic amines) is 2. The number of esters is 1. The monoisotopic (exact) mass is 1540 g/mol. The van der Waals surface area contributed by atoms with Crippen molar-refractivity contribution in [3.63, 3.8) is 0 Å². The van der Waals surface area contributed by atoms with Crippen molar-refractivity contribution >= 4 is 35.5 Å². The number of primary amides is 1. The third-order valence-electron chi connectivity index (χ3n) is 23.6. The van der Waals surface area contributed by atoms with Crippen molar-refractivity contribution in [1.29, 1.82) is 0 Å². The van der Waals surface area contributed by atoms with Gasteiger partial charge >= 0.3 is 5.97 Å². The number of hydrogen-bond donors (Lipinski definition) is 4. The Morgan fingerprint density at radius 3 is 1.51 bits per heavy atom. The number of imide groups is 1. The topological polar surface area (TPSA) is 240 Å². The number of amides is 5. The number of nitrogens with zero attached hydrogens (tertiary/aromatic N) is 4. The van der Waals surface area contributed by atoms with Crippen LogP contribution in [0.3, 0.4) is 0 Å². The number of benzene rings is 8. The van der Waals surface area contributed by atoms with E-state index in [0.717, 1.165) is 144 Å². The van der Waals surface area contributed by atoms with Gasteiger partial charge in [0.15, 0.2) is 0 Å². The van der Waals surface area contributed by atoms with Gasteiger partial charge in [-0.2, -0.15) is 0 Å². The summed E-state index contributed by atoms with van der Waals surface area (Å²) in [5.41, 5.74) is 20.5. The molecule has 0 spiro atoms. The zero-order valence-electron chi connectivity index (χ0n) is 65.5. The Labute approximate surface area is 671 Å². The number of piperidine rings is 3. The zero-order chi connectivity index (χ0) is 78.5. The molecule has 5 aliphatic heterocycles. The first-order valence-electron chi connectivity index (χ1n) is 40.9. The van der Waals surface area contributed by atoms with E-state index in [9.17, 15) is 39.0 Å². The Hall–Kier alpha value is -10.2. The average molecular weight is 1550 g/mol. The molecule has 5 N–H and O–H groups in total. The van der Waals surface area contributed by atoms with Crippen LogP contribution in [0.4, 0.5) is 0 Å². The van der Waals surface area contributed by atoms with Gasteiger partial charge in [0.1, 0.15) is 40.7 Å². The number of carbonyl (C=O) groups is 6. The molecule has 3 fully saturated rings. The Bertz CT molecular complexity index is 4650. The highest BCUT2D eigenvalue weighted by Gasteiger charge is 2.41. The first-order chi connectivity index (χ1) is 54.8. The maximum Gasteiger partial charge on any atom is 0.306 e. The number of phenolic OH excluding ortho intramolecular Hbond substituents is 2. The fraction of sp³-hybridized carbons (Fsp3) is 0.432. The first kappa shape index (κ1) is 81.8. The summed E-state index contributed by atoms with van der Waals surface area (Å²) in [6.07, 6.45) is 12.7. The van der Waals surface area contributed by atoms with Gasteiger partial charge in [-0.15, -0.1) is 0 Å². The minimum atomic E-state index is -0.890. The summed E-state index contributed by atoms with van der Waals surface area (Å²) in [7, 11) is 0. The molecule has 19 heteroatoms. The van der Waals surface area contributed by atoms with Crippen molar-refractivity contribution in [2.24, 2.45) is 5.73 Å². The lowest BCUT2D eigenvalue weighted by atomic mass is 9.69. The standard InChI is InChI=1S/C49H59N3O7.C45H49N3O6.CH4/c1-49(2,3)59-45(54)23-22-44(47(50)55)52-31-37-29-33(12-19-43(37)48(52)56)24-28-58-40-11-7-25-51(32-40)26-8-27-57-39-17-13-35(14-18-39)46-41(34-9-5-4-6-10-34)20-15-36-30-38(53)16-21-42(36)46;49-35-13-18-39-33(27-35)12-17-38(31-6-2-1-3-7-31)43(39)32-10-14-36(15-11-32)53-24-5-23-47-22-4-8-37(29-47)54-25-21-30-9-16-40-34(26-30)28-48(45(40)52)41-19-20-42(50)46-44(41)51;/h4-6,9-10,12-14,16-19,21,29-30,40-41,44,46,53H,7-8,11,15,20,22-28,31-32H2,1-3H3,(H2,50,55);1-3,6-7,9-11,13-16,18,26-27,37-38,41,43,49H,4-5,8,12,17,19-25,28-29H2,(H,46,50,51);1H4/t40?,41-,44+,46+;37?,38-,41+,43+;/m11./s1. The van der Waals surface area contributed by atoms with E-state index >= 15 is 0 Å². The van der Waals surface area contributed by atoms with E-state index in [-0.39, 0.29) is 80.9 Å². The van der Waals surface area contributed by atoms with E-state index < -0.39 is 29.6 Å². The van der Waals surface area contributed by atoms with Crippen LogP contribution in [0.25, 0.3) is 0 Å². The van der Waals surface area contributed by atoms with Gasteiger partial charge in [0.05, 0.1) is 38.6 Å². The number of fused-ring (bicyclic) bond motifs is 4. The van der Waals surface area contributed by atoms with Gasteiger partial charge in [0.25, 0.3) is 11.8 Å². The first-order valence-corrected chi connectivity index (χ1v) is 40.9. The van der Waals surface area contributed by atoms with Crippen molar-refractivity contribution in [1.82, 2.24) is 24.9 Å². The third-order valence-corrected chi connectivity index (χ3v) is 23.6. The number of carbonyl (C=O) groups excluding carboxylic acids is 6. The van der Waals surface area contributed by atoms with Crippen LogP contribution in [-0.4, -0.2) is 161 Å². The van der Waals surface area contributed by atoms with Crippen molar-refractivity contribution in [3.05, 3.63) is 260 Å². The fourth-order valence-electron chi connectivity index (χ4n) is 18.1. The van der Waals surface area contributed by atoms with Gasteiger partial charge in [0.2, 0.25) is 17.7 Å². The van der Waals surface area contributed by atoms with Gasteiger partial charge < -0.3 is 59.2 Å².